The van der Waals surface area contributed by atoms with Crippen LogP contribution in [-0.4, -0.2) is 60.3 Å². The van der Waals surface area contributed by atoms with Crippen molar-refractivity contribution in [3.63, 3.8) is 0 Å². The fraction of sp³-hybridized carbons (Fsp3) is 0.714. The Morgan fingerprint density at radius 2 is 1.80 bits per heavy atom. The van der Waals surface area contributed by atoms with Crippen LogP contribution in [0.3, 0.4) is 0 Å². The fourth-order valence-corrected chi connectivity index (χ4v) is 3.37. The Kier molecular flexibility index (Phi) is 3.52. The Bertz CT molecular complexity index is 442. The van der Waals surface area contributed by atoms with Gasteiger partial charge in [0.05, 0.1) is 18.1 Å². The van der Waals surface area contributed by atoms with Gasteiger partial charge in [-0.2, -0.15) is 0 Å². The highest BCUT2D eigenvalue weighted by Crippen LogP contribution is 2.39. The van der Waals surface area contributed by atoms with Gasteiger partial charge in [-0.25, -0.2) is 0 Å². The first-order chi connectivity index (χ1) is 9.56. The number of hydrogen-bond acceptors (Lipinski definition) is 4. The first-order valence-corrected chi connectivity index (χ1v) is 7.12. The molecule has 0 radical (unpaired) electrons. The minimum Gasteiger partial charge on any atom is -0.481 e. The topological polar surface area (TPSA) is 78.9 Å². The highest BCUT2D eigenvalue weighted by molar-refractivity contribution is 5.87. The molecule has 6 heteroatoms. The molecule has 0 aromatic heterocycles. The van der Waals surface area contributed by atoms with Gasteiger partial charge in [-0.15, -0.1) is 0 Å². The maximum atomic E-state index is 12.4. The normalized spacial score (nSPS) is 37.2. The summed E-state index contributed by atoms with van der Waals surface area (Å²) in [6.07, 6.45) is 4.55. The van der Waals surface area contributed by atoms with E-state index in [1.54, 1.807) is 6.08 Å². The predicted octanol–water partition coefficient (Wildman–Crippen LogP) is -0.149. The zero-order valence-electron chi connectivity index (χ0n) is 11.5. The highest BCUT2D eigenvalue weighted by Gasteiger charge is 2.53. The van der Waals surface area contributed by atoms with Crippen LogP contribution in [0.15, 0.2) is 12.2 Å². The molecule has 0 saturated carbocycles. The summed E-state index contributed by atoms with van der Waals surface area (Å²) in [7, 11) is 2.06. The van der Waals surface area contributed by atoms with Crippen molar-refractivity contribution in [2.75, 3.05) is 20.1 Å². The third kappa shape index (κ3) is 2.33. The Hall–Kier alpha value is -1.40. The van der Waals surface area contributed by atoms with Crippen molar-refractivity contribution < 1.29 is 19.4 Å². The summed E-state index contributed by atoms with van der Waals surface area (Å²) in [4.78, 5) is 26.0. The molecule has 0 aromatic rings. The highest BCUT2D eigenvalue weighted by atomic mass is 16.5. The maximum Gasteiger partial charge on any atom is 0.310 e. The van der Waals surface area contributed by atoms with Crippen molar-refractivity contribution in [3.8, 4) is 0 Å². The van der Waals surface area contributed by atoms with Gasteiger partial charge >= 0.3 is 5.97 Å². The standard InChI is InChI=1S/C14H20N2O4/c1-16-6-4-8(5-7-16)15-13(17)11-9-2-3-10(20-9)12(11)14(18)19/h2-3,8-12H,4-7H2,1H3,(H,15,17)(H,18,19)/t9-,10-,11-,12-/m0/s1. The van der Waals surface area contributed by atoms with E-state index in [0.29, 0.717) is 0 Å². The number of nitrogens with one attached hydrogen (secondary N) is 1. The van der Waals surface area contributed by atoms with Crippen LogP contribution in [0.4, 0.5) is 0 Å². The summed E-state index contributed by atoms with van der Waals surface area (Å²) in [5.74, 6) is -2.48. The lowest BCUT2D eigenvalue weighted by molar-refractivity contribution is -0.146. The molecule has 20 heavy (non-hydrogen) atoms. The molecular formula is C14H20N2O4. The van der Waals surface area contributed by atoms with Crippen molar-refractivity contribution in [2.24, 2.45) is 11.8 Å². The molecule has 3 aliphatic rings. The van der Waals surface area contributed by atoms with Crippen LogP contribution >= 0.6 is 0 Å². The summed E-state index contributed by atoms with van der Waals surface area (Å²) in [6, 6.07) is 0.149. The molecule has 6 nitrogen and oxygen atoms in total. The number of carboxylic acids is 1. The van der Waals surface area contributed by atoms with E-state index in [9.17, 15) is 14.7 Å². The van der Waals surface area contributed by atoms with Crippen molar-refractivity contribution >= 4 is 11.9 Å². The van der Waals surface area contributed by atoms with E-state index in [1.807, 2.05) is 6.08 Å². The zero-order chi connectivity index (χ0) is 14.3. The Morgan fingerprint density at radius 3 is 2.40 bits per heavy atom. The lowest BCUT2D eigenvalue weighted by atomic mass is 9.82. The van der Waals surface area contributed by atoms with Gasteiger partial charge in [-0.3, -0.25) is 9.59 Å². The second-order valence-corrected chi connectivity index (χ2v) is 5.93. The SMILES string of the molecule is CN1CCC(NC(=O)[C@@H]2[C@@H](C(=O)O)[C@@H]3C=C[C@@H]2O3)CC1. The third-order valence-corrected chi connectivity index (χ3v) is 4.55. The molecule has 3 aliphatic heterocycles. The van der Waals surface area contributed by atoms with Crippen LogP contribution in [0.2, 0.25) is 0 Å². The number of hydrogen-bond donors (Lipinski definition) is 2. The average Bonchev–Trinajstić information content (AvgIpc) is 3.01. The quantitative estimate of drug-likeness (QED) is 0.703. The first-order valence-electron chi connectivity index (χ1n) is 7.12. The second-order valence-electron chi connectivity index (χ2n) is 5.93. The van der Waals surface area contributed by atoms with Crippen LogP contribution in [0.1, 0.15) is 12.8 Å². The number of rotatable bonds is 3. The van der Waals surface area contributed by atoms with Crippen LogP contribution in [-0.2, 0) is 14.3 Å². The second kappa shape index (κ2) is 5.18. The largest absolute Gasteiger partial charge is 0.481 e. The number of carbonyl (C=O) groups is 2. The van der Waals surface area contributed by atoms with Crippen molar-refractivity contribution in [1.29, 1.82) is 0 Å². The Morgan fingerprint density at radius 1 is 1.20 bits per heavy atom. The number of carboxylic acid groups (broad SMARTS) is 1. The summed E-state index contributed by atoms with van der Waals surface area (Å²) in [5, 5.41) is 12.3. The van der Waals surface area contributed by atoms with Gasteiger partial charge in [0.1, 0.15) is 5.92 Å². The van der Waals surface area contributed by atoms with Gasteiger partial charge in [0.25, 0.3) is 0 Å². The van der Waals surface area contributed by atoms with Gasteiger partial charge < -0.3 is 20.1 Å². The number of nitrogens with zero attached hydrogens (tertiary/aromatic N) is 1. The molecule has 2 N–H and O–H groups in total. The molecule has 0 unspecified atom stereocenters. The number of carbonyl (C=O) groups excluding carboxylic acids is 1. The first kappa shape index (κ1) is 13.6. The molecule has 0 aliphatic carbocycles. The van der Waals surface area contributed by atoms with E-state index in [-0.39, 0.29) is 18.1 Å². The minimum atomic E-state index is -0.953. The number of aliphatic carboxylic acids is 1. The lowest BCUT2D eigenvalue weighted by Gasteiger charge is -2.31. The molecule has 0 aromatic carbocycles. The van der Waals surface area contributed by atoms with E-state index in [4.69, 9.17) is 4.74 Å². The van der Waals surface area contributed by atoms with Crippen molar-refractivity contribution in [1.82, 2.24) is 10.2 Å². The van der Waals surface area contributed by atoms with Gasteiger partial charge in [0.15, 0.2) is 0 Å². The third-order valence-electron chi connectivity index (χ3n) is 4.55. The number of fused-ring (bicyclic) bond motifs is 2. The van der Waals surface area contributed by atoms with Gasteiger partial charge in [0.2, 0.25) is 5.91 Å². The molecule has 3 heterocycles. The van der Waals surface area contributed by atoms with E-state index < -0.39 is 23.9 Å². The van der Waals surface area contributed by atoms with Gasteiger partial charge in [-0.1, -0.05) is 12.2 Å². The molecular weight excluding hydrogens is 260 g/mol. The average molecular weight is 280 g/mol. The summed E-state index contributed by atoms with van der Waals surface area (Å²) in [5.41, 5.74) is 0. The molecule has 4 atom stereocenters. The molecule has 2 bridgehead atoms. The van der Waals surface area contributed by atoms with Crippen molar-refractivity contribution in [3.05, 3.63) is 12.2 Å². The maximum absolute atomic E-state index is 12.4. The van der Waals surface area contributed by atoms with Gasteiger partial charge in [-0.05, 0) is 33.0 Å². The van der Waals surface area contributed by atoms with E-state index in [0.717, 1.165) is 25.9 Å². The molecule has 2 fully saturated rings. The van der Waals surface area contributed by atoms with E-state index in [1.165, 1.54) is 0 Å². The summed E-state index contributed by atoms with van der Waals surface area (Å²) in [6.45, 7) is 1.92. The molecule has 2 saturated heterocycles. The number of ether oxygens (including phenoxy) is 1. The molecule has 110 valence electrons. The fourth-order valence-electron chi connectivity index (χ4n) is 3.37. The summed E-state index contributed by atoms with van der Waals surface area (Å²) >= 11 is 0. The van der Waals surface area contributed by atoms with Crippen LogP contribution in [0, 0.1) is 11.8 Å². The van der Waals surface area contributed by atoms with Crippen LogP contribution < -0.4 is 5.32 Å². The number of amides is 1. The smallest absolute Gasteiger partial charge is 0.310 e. The van der Waals surface area contributed by atoms with E-state index >= 15 is 0 Å². The summed E-state index contributed by atoms with van der Waals surface area (Å²) < 4.78 is 5.53. The number of piperidine rings is 1. The predicted molar refractivity (Wildman–Crippen MR) is 71.1 cm³/mol. The Labute approximate surface area is 117 Å². The van der Waals surface area contributed by atoms with Crippen molar-refractivity contribution in [2.45, 2.75) is 31.1 Å². The minimum absolute atomic E-state index is 0.149. The number of likely N-dealkylation sites (tertiary alicyclic amines) is 1. The molecule has 3 rings (SSSR count). The lowest BCUT2D eigenvalue weighted by Crippen LogP contribution is -2.49. The van der Waals surface area contributed by atoms with Crippen LogP contribution in [0.5, 0.6) is 0 Å². The Balaban J connectivity index is 1.64. The van der Waals surface area contributed by atoms with Gasteiger partial charge in [0, 0.05) is 6.04 Å². The molecule has 1 amide bonds. The molecule has 0 spiro atoms. The van der Waals surface area contributed by atoms with E-state index in [2.05, 4.69) is 17.3 Å². The monoisotopic (exact) mass is 280 g/mol. The zero-order valence-corrected chi connectivity index (χ0v) is 11.5. The van der Waals surface area contributed by atoms with Crippen LogP contribution in [0.25, 0.3) is 0 Å².